The van der Waals surface area contributed by atoms with E-state index >= 15 is 0 Å². The highest BCUT2D eigenvalue weighted by Gasteiger charge is 2.23. The number of oxime groups is 1. The molecule has 2 rings (SSSR count). The van der Waals surface area contributed by atoms with Crippen LogP contribution in [-0.2, 0) is 0 Å². The van der Waals surface area contributed by atoms with Crippen molar-refractivity contribution in [3.8, 4) is 0 Å². The number of hydrogen-bond donors (Lipinski definition) is 3. The molecule has 1 fully saturated rings. The highest BCUT2D eigenvalue weighted by molar-refractivity contribution is 5.98. The van der Waals surface area contributed by atoms with Crippen molar-refractivity contribution in [3.63, 3.8) is 0 Å². The Bertz CT molecular complexity index is 515. The molecule has 0 radical (unpaired) electrons. The minimum Gasteiger partial charge on any atom is -0.409 e. The SMILES string of the molecule is CCN1CCCC1CNC(=O)c1ccc(C(N)=NO)cn1. The molecule has 1 aromatic heterocycles. The lowest BCUT2D eigenvalue weighted by molar-refractivity contribution is 0.0936. The van der Waals surface area contributed by atoms with Crippen LogP contribution in [-0.4, -0.2) is 52.5 Å². The van der Waals surface area contributed by atoms with Gasteiger partial charge in [0.05, 0.1) is 0 Å². The minimum atomic E-state index is -0.205. The van der Waals surface area contributed by atoms with Gasteiger partial charge in [-0.3, -0.25) is 14.7 Å². The van der Waals surface area contributed by atoms with Gasteiger partial charge in [0.15, 0.2) is 5.84 Å². The monoisotopic (exact) mass is 291 g/mol. The van der Waals surface area contributed by atoms with Crippen molar-refractivity contribution in [1.29, 1.82) is 0 Å². The molecule has 0 aliphatic carbocycles. The number of nitrogens with one attached hydrogen (secondary N) is 1. The molecule has 1 atom stereocenters. The number of nitrogens with two attached hydrogens (primary N) is 1. The van der Waals surface area contributed by atoms with Crippen LogP contribution in [0.15, 0.2) is 23.5 Å². The van der Waals surface area contributed by atoms with Gasteiger partial charge in [-0.15, -0.1) is 0 Å². The maximum atomic E-state index is 12.0. The Labute approximate surface area is 123 Å². The summed E-state index contributed by atoms with van der Waals surface area (Å²) in [5, 5.41) is 14.4. The molecule has 4 N–H and O–H groups in total. The normalized spacial score (nSPS) is 19.7. The van der Waals surface area contributed by atoms with E-state index < -0.39 is 0 Å². The largest absolute Gasteiger partial charge is 0.409 e. The smallest absolute Gasteiger partial charge is 0.269 e. The number of pyridine rings is 1. The quantitative estimate of drug-likeness (QED) is 0.315. The molecule has 7 nitrogen and oxygen atoms in total. The molecule has 2 heterocycles. The van der Waals surface area contributed by atoms with Crippen molar-refractivity contribution >= 4 is 11.7 Å². The van der Waals surface area contributed by atoms with Gasteiger partial charge in [-0.2, -0.15) is 0 Å². The van der Waals surface area contributed by atoms with E-state index in [0.717, 1.165) is 19.5 Å². The number of carbonyl (C=O) groups excluding carboxylic acids is 1. The van der Waals surface area contributed by atoms with Gasteiger partial charge in [0.1, 0.15) is 5.69 Å². The van der Waals surface area contributed by atoms with Gasteiger partial charge >= 0.3 is 0 Å². The fraction of sp³-hybridized carbons (Fsp3) is 0.500. The van der Waals surface area contributed by atoms with E-state index in [2.05, 4.69) is 27.3 Å². The van der Waals surface area contributed by atoms with Gasteiger partial charge in [-0.25, -0.2) is 0 Å². The van der Waals surface area contributed by atoms with E-state index in [9.17, 15) is 4.79 Å². The van der Waals surface area contributed by atoms with E-state index in [1.807, 2.05) is 0 Å². The summed E-state index contributed by atoms with van der Waals surface area (Å²) in [4.78, 5) is 18.4. The molecule has 0 spiro atoms. The van der Waals surface area contributed by atoms with Gasteiger partial charge < -0.3 is 16.3 Å². The van der Waals surface area contributed by atoms with Gasteiger partial charge in [0.25, 0.3) is 5.91 Å². The Kier molecular flexibility index (Phi) is 5.10. The summed E-state index contributed by atoms with van der Waals surface area (Å²) in [6.07, 6.45) is 3.71. The maximum absolute atomic E-state index is 12.0. The minimum absolute atomic E-state index is 0.0287. The topological polar surface area (TPSA) is 104 Å². The molecule has 1 aromatic rings. The standard InChI is InChI=1S/C14H21N5O2/c1-2-19-7-3-4-11(19)9-17-14(20)12-6-5-10(8-16-12)13(15)18-21/h5-6,8,11,21H,2-4,7,9H2,1H3,(H2,15,18)(H,17,20). The van der Waals surface area contributed by atoms with Crippen LogP contribution in [0.4, 0.5) is 0 Å². The van der Waals surface area contributed by atoms with Crippen LogP contribution in [0.5, 0.6) is 0 Å². The lowest BCUT2D eigenvalue weighted by atomic mass is 10.2. The fourth-order valence-corrected chi connectivity index (χ4v) is 2.58. The fourth-order valence-electron chi connectivity index (χ4n) is 2.58. The molecule has 1 amide bonds. The van der Waals surface area contributed by atoms with Gasteiger partial charge in [0, 0.05) is 24.3 Å². The number of aromatic nitrogens is 1. The molecule has 7 heteroatoms. The predicted molar refractivity (Wildman–Crippen MR) is 79.4 cm³/mol. The summed E-state index contributed by atoms with van der Waals surface area (Å²) in [6, 6.07) is 3.58. The summed E-state index contributed by atoms with van der Waals surface area (Å²) in [5.74, 6) is -0.233. The average Bonchev–Trinajstić information content (AvgIpc) is 2.99. The first kappa shape index (κ1) is 15.2. The second kappa shape index (κ2) is 7.03. The van der Waals surface area contributed by atoms with Crippen LogP contribution in [0.25, 0.3) is 0 Å². The Hall–Kier alpha value is -2.15. The van der Waals surface area contributed by atoms with Gasteiger partial charge in [-0.05, 0) is 38.1 Å². The molecular formula is C14H21N5O2. The zero-order chi connectivity index (χ0) is 15.2. The molecule has 0 bridgehead atoms. The Morgan fingerprint density at radius 3 is 3.05 bits per heavy atom. The van der Waals surface area contributed by atoms with Crippen LogP contribution in [0, 0.1) is 0 Å². The van der Waals surface area contributed by atoms with Crippen molar-refractivity contribution < 1.29 is 10.0 Å². The van der Waals surface area contributed by atoms with Gasteiger partial charge in [-0.1, -0.05) is 12.1 Å². The molecule has 0 aromatic carbocycles. The number of nitrogens with zero attached hydrogens (tertiary/aromatic N) is 3. The molecule has 1 aliphatic rings. The number of amides is 1. The van der Waals surface area contributed by atoms with Crippen LogP contribution in [0.3, 0.4) is 0 Å². The first-order valence-electron chi connectivity index (χ1n) is 7.12. The summed E-state index contributed by atoms with van der Waals surface area (Å²) < 4.78 is 0. The third kappa shape index (κ3) is 3.69. The van der Waals surface area contributed by atoms with Crippen molar-refractivity contribution in [1.82, 2.24) is 15.2 Å². The number of carbonyl (C=O) groups is 1. The summed E-state index contributed by atoms with van der Waals surface area (Å²) >= 11 is 0. The number of rotatable bonds is 5. The number of likely N-dealkylation sites (N-methyl/N-ethyl adjacent to an activating group) is 1. The Morgan fingerprint density at radius 2 is 2.43 bits per heavy atom. The van der Waals surface area contributed by atoms with Crippen LogP contribution in [0.2, 0.25) is 0 Å². The van der Waals surface area contributed by atoms with E-state index in [0.29, 0.717) is 23.8 Å². The summed E-state index contributed by atoms with van der Waals surface area (Å²) in [7, 11) is 0. The summed E-state index contributed by atoms with van der Waals surface area (Å²) in [6.45, 7) is 4.88. The lowest BCUT2D eigenvalue weighted by Crippen LogP contribution is -2.40. The molecule has 0 saturated carbocycles. The molecule has 21 heavy (non-hydrogen) atoms. The Morgan fingerprint density at radius 1 is 1.62 bits per heavy atom. The van der Waals surface area contributed by atoms with Crippen molar-refractivity contribution in [3.05, 3.63) is 29.6 Å². The zero-order valence-electron chi connectivity index (χ0n) is 12.1. The van der Waals surface area contributed by atoms with Crippen molar-refractivity contribution in [2.75, 3.05) is 19.6 Å². The number of hydrogen-bond acceptors (Lipinski definition) is 5. The first-order chi connectivity index (χ1) is 10.2. The van der Waals surface area contributed by atoms with Crippen molar-refractivity contribution in [2.24, 2.45) is 10.9 Å². The third-order valence-corrected chi connectivity index (χ3v) is 3.80. The molecule has 1 aliphatic heterocycles. The summed E-state index contributed by atoms with van der Waals surface area (Å²) in [5.41, 5.74) is 6.24. The highest BCUT2D eigenvalue weighted by Crippen LogP contribution is 2.15. The van der Waals surface area contributed by atoms with Crippen molar-refractivity contribution in [2.45, 2.75) is 25.8 Å². The number of amidine groups is 1. The van der Waals surface area contributed by atoms with E-state index in [1.165, 1.54) is 12.6 Å². The predicted octanol–water partition coefficient (Wildman–Crippen LogP) is 0.390. The van der Waals surface area contributed by atoms with E-state index in [4.69, 9.17) is 10.9 Å². The average molecular weight is 291 g/mol. The number of likely N-dealkylation sites (tertiary alicyclic amines) is 1. The second-order valence-corrected chi connectivity index (χ2v) is 5.05. The maximum Gasteiger partial charge on any atom is 0.269 e. The van der Waals surface area contributed by atoms with Crippen LogP contribution < -0.4 is 11.1 Å². The molecular weight excluding hydrogens is 270 g/mol. The lowest BCUT2D eigenvalue weighted by Gasteiger charge is -2.22. The second-order valence-electron chi connectivity index (χ2n) is 5.05. The third-order valence-electron chi connectivity index (χ3n) is 3.80. The highest BCUT2D eigenvalue weighted by atomic mass is 16.4. The molecule has 1 saturated heterocycles. The van der Waals surface area contributed by atoms with E-state index in [-0.39, 0.29) is 11.7 Å². The molecule has 114 valence electrons. The van der Waals surface area contributed by atoms with Crippen LogP contribution >= 0.6 is 0 Å². The molecule has 1 unspecified atom stereocenters. The zero-order valence-corrected chi connectivity index (χ0v) is 12.1. The van der Waals surface area contributed by atoms with Crippen LogP contribution in [0.1, 0.15) is 35.8 Å². The van der Waals surface area contributed by atoms with E-state index in [1.54, 1.807) is 12.1 Å². The van der Waals surface area contributed by atoms with Gasteiger partial charge in [0.2, 0.25) is 0 Å². The Balaban J connectivity index is 1.91. The first-order valence-corrected chi connectivity index (χ1v) is 7.12.